The second kappa shape index (κ2) is 6.45. The zero-order valence-electron chi connectivity index (χ0n) is 12.4. The number of amides is 2. The van der Waals surface area contributed by atoms with Crippen molar-refractivity contribution in [3.05, 3.63) is 29.0 Å². The van der Waals surface area contributed by atoms with Gasteiger partial charge in [-0.25, -0.2) is 9.78 Å². The molecule has 2 aromatic rings. The van der Waals surface area contributed by atoms with Gasteiger partial charge in [-0.1, -0.05) is 11.6 Å². The van der Waals surface area contributed by atoms with Gasteiger partial charge in [-0.15, -0.1) is 0 Å². The molecule has 0 spiro atoms. The maximum absolute atomic E-state index is 12.2. The van der Waals surface area contributed by atoms with Crippen molar-refractivity contribution < 1.29 is 14.7 Å². The number of rotatable bonds is 4. The third kappa shape index (κ3) is 3.39. The molecule has 1 fully saturated rings. The first kappa shape index (κ1) is 15.6. The van der Waals surface area contributed by atoms with Gasteiger partial charge in [0.2, 0.25) is 0 Å². The molecule has 1 aliphatic heterocycles. The Morgan fingerprint density at radius 3 is 3.09 bits per heavy atom. The van der Waals surface area contributed by atoms with Crippen molar-refractivity contribution in [3.63, 3.8) is 0 Å². The maximum Gasteiger partial charge on any atom is 0.318 e. The highest BCUT2D eigenvalue weighted by atomic mass is 35.5. The largest absolute Gasteiger partial charge is 0.481 e. The van der Waals surface area contributed by atoms with Gasteiger partial charge < -0.3 is 20.3 Å². The Bertz CT molecular complexity index is 745. The van der Waals surface area contributed by atoms with Gasteiger partial charge in [0.1, 0.15) is 5.82 Å². The first-order valence-electron chi connectivity index (χ1n) is 7.46. The number of urea groups is 1. The minimum absolute atomic E-state index is 0.0899. The highest BCUT2D eigenvalue weighted by Gasteiger charge is 2.32. The average molecular weight is 337 g/mol. The number of imidazole rings is 1. The third-order valence-electron chi connectivity index (χ3n) is 3.91. The molecule has 1 aliphatic rings. The Labute approximate surface area is 137 Å². The predicted molar refractivity (Wildman–Crippen MR) is 85.4 cm³/mol. The summed E-state index contributed by atoms with van der Waals surface area (Å²) in [7, 11) is 0. The van der Waals surface area contributed by atoms with Crippen LogP contribution in [0.3, 0.4) is 0 Å². The topological polar surface area (TPSA) is 98.3 Å². The first-order valence-corrected chi connectivity index (χ1v) is 7.84. The van der Waals surface area contributed by atoms with Crippen LogP contribution in [0.15, 0.2) is 18.2 Å². The van der Waals surface area contributed by atoms with Gasteiger partial charge in [-0.3, -0.25) is 4.79 Å². The van der Waals surface area contributed by atoms with Crippen LogP contribution in [0.4, 0.5) is 4.79 Å². The number of carboxylic acid groups (broad SMARTS) is 1. The Kier molecular flexibility index (Phi) is 4.38. The third-order valence-corrected chi connectivity index (χ3v) is 4.14. The highest BCUT2D eigenvalue weighted by Crippen LogP contribution is 2.31. The quantitative estimate of drug-likeness (QED) is 0.799. The lowest BCUT2D eigenvalue weighted by atomic mass is 10.2. The highest BCUT2D eigenvalue weighted by molar-refractivity contribution is 6.31. The zero-order valence-corrected chi connectivity index (χ0v) is 13.1. The van der Waals surface area contributed by atoms with E-state index in [1.165, 1.54) is 0 Å². The number of nitrogens with zero attached hydrogens (tertiary/aromatic N) is 2. The van der Waals surface area contributed by atoms with Crippen LogP contribution in [0.1, 0.15) is 31.1 Å². The van der Waals surface area contributed by atoms with Gasteiger partial charge in [0, 0.05) is 18.1 Å². The molecule has 8 heteroatoms. The molecule has 3 rings (SSSR count). The summed E-state index contributed by atoms with van der Waals surface area (Å²) in [5.41, 5.74) is 1.65. The molecule has 7 nitrogen and oxygen atoms in total. The fourth-order valence-electron chi connectivity index (χ4n) is 2.83. The van der Waals surface area contributed by atoms with Crippen LogP contribution in [0.25, 0.3) is 11.0 Å². The predicted octanol–water partition coefficient (Wildman–Crippen LogP) is 2.54. The molecular formula is C15H17ClN4O3. The van der Waals surface area contributed by atoms with E-state index in [-0.39, 0.29) is 25.0 Å². The van der Waals surface area contributed by atoms with E-state index in [4.69, 9.17) is 16.7 Å². The van der Waals surface area contributed by atoms with E-state index in [0.29, 0.717) is 11.6 Å². The summed E-state index contributed by atoms with van der Waals surface area (Å²) in [4.78, 5) is 32.2. The standard InChI is InChI=1S/C15H17ClN4O3/c16-9-3-4-10-11(8-9)19-14(18-10)12-2-1-7-20(12)15(23)17-6-5-13(21)22/h3-4,8,12H,1-2,5-7H2,(H,17,23)(H,18,19)(H,21,22). The van der Waals surface area contributed by atoms with Crippen molar-refractivity contribution in [2.24, 2.45) is 0 Å². The normalized spacial score (nSPS) is 17.6. The van der Waals surface area contributed by atoms with Crippen LogP contribution in [0.5, 0.6) is 0 Å². The molecule has 0 aliphatic carbocycles. The number of nitrogens with one attached hydrogen (secondary N) is 2. The Morgan fingerprint density at radius 2 is 2.30 bits per heavy atom. The number of hydrogen-bond acceptors (Lipinski definition) is 3. The maximum atomic E-state index is 12.2. The molecule has 2 heterocycles. The van der Waals surface area contributed by atoms with Crippen LogP contribution in [0, 0.1) is 0 Å². The molecule has 1 aromatic carbocycles. The molecule has 1 aromatic heterocycles. The minimum Gasteiger partial charge on any atom is -0.481 e. The zero-order chi connectivity index (χ0) is 16.4. The van der Waals surface area contributed by atoms with Crippen LogP contribution >= 0.6 is 11.6 Å². The van der Waals surface area contributed by atoms with E-state index in [9.17, 15) is 9.59 Å². The summed E-state index contributed by atoms with van der Waals surface area (Å²) in [6.07, 6.45) is 1.61. The summed E-state index contributed by atoms with van der Waals surface area (Å²) >= 11 is 5.98. The van der Waals surface area contributed by atoms with E-state index in [0.717, 1.165) is 29.7 Å². The van der Waals surface area contributed by atoms with Crippen molar-refractivity contribution >= 4 is 34.6 Å². The molecule has 0 radical (unpaired) electrons. The monoisotopic (exact) mass is 336 g/mol. The fourth-order valence-corrected chi connectivity index (χ4v) is 3.00. The first-order chi connectivity index (χ1) is 11.0. The number of carbonyl (C=O) groups is 2. The minimum atomic E-state index is -0.933. The summed E-state index contributed by atoms with van der Waals surface area (Å²) < 4.78 is 0. The van der Waals surface area contributed by atoms with Crippen LogP contribution in [-0.4, -0.2) is 45.1 Å². The van der Waals surface area contributed by atoms with Crippen molar-refractivity contribution in [3.8, 4) is 0 Å². The number of hydrogen-bond donors (Lipinski definition) is 3. The Morgan fingerprint density at radius 1 is 1.48 bits per heavy atom. The number of carboxylic acids is 1. The molecule has 23 heavy (non-hydrogen) atoms. The van der Waals surface area contributed by atoms with Crippen molar-refractivity contribution in [2.75, 3.05) is 13.1 Å². The number of halogens is 1. The number of carbonyl (C=O) groups excluding carboxylic acids is 1. The van der Waals surface area contributed by atoms with Crippen molar-refractivity contribution in [1.82, 2.24) is 20.2 Å². The summed E-state index contributed by atoms with van der Waals surface area (Å²) in [6.45, 7) is 0.745. The molecule has 1 saturated heterocycles. The number of H-pyrrole nitrogens is 1. The average Bonchev–Trinajstić information content (AvgIpc) is 3.12. The summed E-state index contributed by atoms with van der Waals surface area (Å²) in [5.74, 6) is -0.203. The van der Waals surface area contributed by atoms with E-state index >= 15 is 0 Å². The molecule has 1 unspecified atom stereocenters. The number of aromatic nitrogens is 2. The van der Waals surface area contributed by atoms with Crippen LogP contribution in [0.2, 0.25) is 5.02 Å². The fraction of sp³-hybridized carbons (Fsp3) is 0.400. The molecule has 2 amide bonds. The SMILES string of the molecule is O=C(O)CCNC(=O)N1CCCC1c1nc2ccc(Cl)cc2[nH]1. The van der Waals surface area contributed by atoms with E-state index in [1.807, 2.05) is 6.07 Å². The number of aliphatic carboxylic acids is 1. The number of likely N-dealkylation sites (tertiary alicyclic amines) is 1. The molecule has 3 N–H and O–H groups in total. The van der Waals surface area contributed by atoms with Gasteiger partial charge in [0.25, 0.3) is 0 Å². The Balaban J connectivity index is 1.74. The second-order valence-corrected chi connectivity index (χ2v) is 5.95. The lowest BCUT2D eigenvalue weighted by molar-refractivity contribution is -0.136. The van der Waals surface area contributed by atoms with E-state index in [2.05, 4.69) is 15.3 Å². The summed E-state index contributed by atoms with van der Waals surface area (Å²) in [6, 6.07) is 5.03. The van der Waals surface area contributed by atoms with Crippen molar-refractivity contribution in [1.29, 1.82) is 0 Å². The van der Waals surface area contributed by atoms with Gasteiger partial charge >= 0.3 is 12.0 Å². The molecule has 1 atom stereocenters. The molecule has 122 valence electrons. The van der Waals surface area contributed by atoms with Gasteiger partial charge in [0.05, 0.1) is 23.5 Å². The van der Waals surface area contributed by atoms with Crippen molar-refractivity contribution in [2.45, 2.75) is 25.3 Å². The van der Waals surface area contributed by atoms with E-state index < -0.39 is 5.97 Å². The van der Waals surface area contributed by atoms with Crippen LogP contribution in [-0.2, 0) is 4.79 Å². The van der Waals surface area contributed by atoms with Crippen LogP contribution < -0.4 is 5.32 Å². The van der Waals surface area contributed by atoms with E-state index in [1.54, 1.807) is 17.0 Å². The summed E-state index contributed by atoms with van der Waals surface area (Å²) in [5, 5.41) is 11.9. The number of benzene rings is 1. The molecule has 0 bridgehead atoms. The number of aromatic amines is 1. The lowest BCUT2D eigenvalue weighted by Crippen LogP contribution is -2.40. The molecule has 0 saturated carbocycles. The smallest absolute Gasteiger partial charge is 0.318 e. The van der Waals surface area contributed by atoms with Gasteiger partial charge in [-0.05, 0) is 31.0 Å². The molecular weight excluding hydrogens is 320 g/mol. The second-order valence-electron chi connectivity index (χ2n) is 5.51. The van der Waals surface area contributed by atoms with Gasteiger partial charge in [0.15, 0.2) is 0 Å². The lowest BCUT2D eigenvalue weighted by Gasteiger charge is -2.23. The Hall–Kier alpha value is -2.28. The van der Waals surface area contributed by atoms with Gasteiger partial charge in [-0.2, -0.15) is 0 Å². The number of fused-ring (bicyclic) bond motifs is 1.